The molecular formula is C7H15NO2S. The maximum Gasteiger partial charge on any atom is 0.154 e. The molecule has 0 aromatic rings. The van der Waals surface area contributed by atoms with Crippen molar-refractivity contribution in [2.24, 2.45) is 5.73 Å². The molecule has 0 aromatic carbocycles. The molecular weight excluding hydrogens is 162 g/mol. The molecule has 1 aliphatic heterocycles. The standard InChI is InChI=1S/C7H15NO2S/c1-7(2,8)6-4-3-5-11(6,9)10/h6H,3-5,8H2,1-2H3. The first kappa shape index (κ1) is 9.00. The van der Waals surface area contributed by atoms with Crippen molar-refractivity contribution in [1.82, 2.24) is 0 Å². The molecule has 1 atom stereocenters. The van der Waals surface area contributed by atoms with E-state index in [1.807, 2.05) is 0 Å². The van der Waals surface area contributed by atoms with E-state index >= 15 is 0 Å². The summed E-state index contributed by atoms with van der Waals surface area (Å²) in [5.41, 5.74) is 5.16. The van der Waals surface area contributed by atoms with Crippen LogP contribution in [0.25, 0.3) is 0 Å². The van der Waals surface area contributed by atoms with E-state index in [-0.39, 0.29) is 5.25 Å². The molecule has 3 nitrogen and oxygen atoms in total. The van der Waals surface area contributed by atoms with Gasteiger partial charge in [-0.3, -0.25) is 0 Å². The molecule has 1 unspecified atom stereocenters. The Morgan fingerprint density at radius 3 is 2.18 bits per heavy atom. The average molecular weight is 177 g/mol. The normalized spacial score (nSPS) is 30.6. The molecule has 0 aliphatic carbocycles. The van der Waals surface area contributed by atoms with Crippen LogP contribution in [0.2, 0.25) is 0 Å². The van der Waals surface area contributed by atoms with Gasteiger partial charge in [-0.15, -0.1) is 0 Å². The van der Waals surface area contributed by atoms with Crippen molar-refractivity contribution in [3.63, 3.8) is 0 Å². The third kappa shape index (κ3) is 1.73. The molecule has 1 aliphatic rings. The fourth-order valence-corrected chi connectivity index (χ4v) is 3.93. The highest BCUT2D eigenvalue weighted by Gasteiger charge is 2.40. The molecule has 1 fully saturated rings. The first-order valence-electron chi connectivity index (χ1n) is 3.84. The van der Waals surface area contributed by atoms with Crippen molar-refractivity contribution in [2.75, 3.05) is 5.75 Å². The van der Waals surface area contributed by atoms with Gasteiger partial charge in [0.25, 0.3) is 0 Å². The number of hydrogen-bond acceptors (Lipinski definition) is 3. The highest BCUT2D eigenvalue weighted by atomic mass is 32.2. The predicted molar refractivity (Wildman–Crippen MR) is 45.1 cm³/mol. The van der Waals surface area contributed by atoms with E-state index in [2.05, 4.69) is 0 Å². The van der Waals surface area contributed by atoms with Crippen LogP contribution in [0.4, 0.5) is 0 Å². The fraction of sp³-hybridized carbons (Fsp3) is 1.00. The molecule has 1 rings (SSSR count). The summed E-state index contributed by atoms with van der Waals surface area (Å²) < 4.78 is 22.7. The molecule has 11 heavy (non-hydrogen) atoms. The molecule has 4 heteroatoms. The number of rotatable bonds is 1. The van der Waals surface area contributed by atoms with Gasteiger partial charge in [0.05, 0.1) is 11.0 Å². The van der Waals surface area contributed by atoms with E-state index in [0.29, 0.717) is 5.75 Å². The average Bonchev–Trinajstić information content (AvgIpc) is 2.06. The second-order valence-corrected chi connectivity index (χ2v) is 6.12. The Balaban J connectivity index is 2.91. The summed E-state index contributed by atoms with van der Waals surface area (Å²) in [6.45, 7) is 3.56. The Bertz CT molecular complexity index is 238. The van der Waals surface area contributed by atoms with E-state index in [9.17, 15) is 8.42 Å². The monoisotopic (exact) mass is 177 g/mol. The lowest BCUT2D eigenvalue weighted by atomic mass is 9.99. The van der Waals surface area contributed by atoms with Crippen LogP contribution in [0.3, 0.4) is 0 Å². The first-order valence-corrected chi connectivity index (χ1v) is 5.56. The summed E-state index contributed by atoms with van der Waals surface area (Å²) in [4.78, 5) is 0. The van der Waals surface area contributed by atoms with Gasteiger partial charge in [-0.25, -0.2) is 8.42 Å². The quantitative estimate of drug-likeness (QED) is 0.626. The zero-order valence-corrected chi connectivity index (χ0v) is 7.82. The van der Waals surface area contributed by atoms with Gasteiger partial charge in [0, 0.05) is 5.54 Å². The van der Waals surface area contributed by atoms with Gasteiger partial charge in [-0.05, 0) is 26.7 Å². The van der Waals surface area contributed by atoms with Crippen molar-refractivity contribution in [2.45, 2.75) is 37.5 Å². The fourth-order valence-electron chi connectivity index (χ4n) is 1.63. The lowest BCUT2D eigenvalue weighted by Gasteiger charge is -2.25. The summed E-state index contributed by atoms with van der Waals surface area (Å²) in [6, 6.07) is 0. The molecule has 2 N–H and O–H groups in total. The largest absolute Gasteiger partial charge is 0.324 e. The van der Waals surface area contributed by atoms with Crippen LogP contribution in [-0.2, 0) is 9.84 Å². The van der Waals surface area contributed by atoms with Crippen molar-refractivity contribution in [1.29, 1.82) is 0 Å². The van der Waals surface area contributed by atoms with Crippen LogP contribution in [0.15, 0.2) is 0 Å². The summed E-state index contributed by atoms with van der Waals surface area (Å²) in [5.74, 6) is 0.318. The zero-order chi connectivity index (χ0) is 8.70. The molecule has 1 saturated heterocycles. The third-order valence-electron chi connectivity index (χ3n) is 2.16. The van der Waals surface area contributed by atoms with Gasteiger partial charge in [-0.1, -0.05) is 0 Å². The van der Waals surface area contributed by atoms with Gasteiger partial charge in [0.2, 0.25) is 0 Å². The van der Waals surface area contributed by atoms with Crippen molar-refractivity contribution < 1.29 is 8.42 Å². The minimum Gasteiger partial charge on any atom is -0.324 e. The SMILES string of the molecule is CC(C)(N)C1CCCS1(=O)=O. The van der Waals surface area contributed by atoms with Crippen molar-refractivity contribution in [3.05, 3.63) is 0 Å². The number of hydrogen-bond donors (Lipinski definition) is 1. The van der Waals surface area contributed by atoms with E-state index < -0.39 is 15.4 Å². The Labute approximate surface area is 67.9 Å². The van der Waals surface area contributed by atoms with Crippen LogP contribution >= 0.6 is 0 Å². The number of sulfone groups is 1. The Hall–Kier alpha value is -0.0900. The van der Waals surface area contributed by atoms with Gasteiger partial charge in [0.15, 0.2) is 9.84 Å². The van der Waals surface area contributed by atoms with Crippen LogP contribution in [0.1, 0.15) is 26.7 Å². The van der Waals surface area contributed by atoms with E-state index in [4.69, 9.17) is 5.73 Å². The van der Waals surface area contributed by atoms with Crippen LogP contribution in [-0.4, -0.2) is 25.0 Å². The summed E-state index contributed by atoms with van der Waals surface area (Å²) >= 11 is 0. The van der Waals surface area contributed by atoms with Crippen LogP contribution in [0.5, 0.6) is 0 Å². The first-order chi connectivity index (χ1) is 4.84. The Morgan fingerprint density at radius 1 is 1.45 bits per heavy atom. The summed E-state index contributed by atoms with van der Waals surface area (Å²) in [5, 5.41) is -0.324. The predicted octanol–water partition coefficient (Wildman–Crippen LogP) is 0.301. The van der Waals surface area contributed by atoms with Crippen LogP contribution < -0.4 is 5.73 Å². The van der Waals surface area contributed by atoms with E-state index in [1.54, 1.807) is 13.8 Å². The molecule has 0 amide bonds. The third-order valence-corrected chi connectivity index (χ3v) is 4.73. The molecule has 0 saturated carbocycles. The Kier molecular flexibility index (Phi) is 2.01. The minimum absolute atomic E-state index is 0.318. The van der Waals surface area contributed by atoms with Crippen molar-refractivity contribution >= 4 is 9.84 Å². The summed E-state index contributed by atoms with van der Waals surface area (Å²) in [7, 11) is -2.87. The molecule has 0 bridgehead atoms. The van der Waals surface area contributed by atoms with Crippen molar-refractivity contribution in [3.8, 4) is 0 Å². The topological polar surface area (TPSA) is 60.2 Å². The second kappa shape index (κ2) is 2.45. The summed E-state index contributed by atoms with van der Waals surface area (Å²) in [6.07, 6.45) is 1.50. The van der Waals surface area contributed by atoms with Crippen LogP contribution in [0, 0.1) is 0 Å². The molecule has 66 valence electrons. The molecule has 0 spiro atoms. The molecule has 0 radical (unpaired) electrons. The smallest absolute Gasteiger partial charge is 0.154 e. The van der Waals surface area contributed by atoms with Gasteiger partial charge >= 0.3 is 0 Å². The lowest BCUT2D eigenvalue weighted by molar-refractivity contribution is 0.462. The zero-order valence-electron chi connectivity index (χ0n) is 7.00. The highest BCUT2D eigenvalue weighted by Crippen LogP contribution is 2.27. The molecule has 1 heterocycles. The van der Waals surface area contributed by atoms with Gasteiger partial charge in [0.1, 0.15) is 0 Å². The maximum absolute atomic E-state index is 11.3. The molecule has 0 aromatic heterocycles. The van der Waals surface area contributed by atoms with E-state index in [0.717, 1.165) is 12.8 Å². The van der Waals surface area contributed by atoms with Gasteiger partial charge < -0.3 is 5.73 Å². The minimum atomic E-state index is -2.87. The number of nitrogens with two attached hydrogens (primary N) is 1. The maximum atomic E-state index is 11.3. The Morgan fingerprint density at radius 2 is 2.00 bits per heavy atom. The lowest BCUT2D eigenvalue weighted by Crippen LogP contribution is -2.47. The van der Waals surface area contributed by atoms with Gasteiger partial charge in [-0.2, -0.15) is 0 Å². The highest BCUT2D eigenvalue weighted by molar-refractivity contribution is 7.92. The second-order valence-electron chi connectivity index (χ2n) is 3.82. The van der Waals surface area contributed by atoms with E-state index in [1.165, 1.54) is 0 Å².